The van der Waals surface area contributed by atoms with Crippen molar-refractivity contribution in [2.75, 3.05) is 5.73 Å². The molecule has 1 aromatic rings. The van der Waals surface area contributed by atoms with Gasteiger partial charge in [-0.25, -0.2) is 4.98 Å². The largest absolute Gasteiger partial charge is 0.398 e. The average molecular weight is 302 g/mol. The number of aromatic nitrogens is 1. The van der Waals surface area contributed by atoms with Crippen LogP contribution >= 0.6 is 11.8 Å². The van der Waals surface area contributed by atoms with Crippen molar-refractivity contribution < 1.29 is 4.79 Å². The average Bonchev–Trinajstić information content (AvgIpc) is 2.89. The summed E-state index contributed by atoms with van der Waals surface area (Å²) in [4.78, 5) is 23.7. The van der Waals surface area contributed by atoms with E-state index in [4.69, 9.17) is 5.73 Å². The van der Waals surface area contributed by atoms with E-state index >= 15 is 0 Å². The van der Waals surface area contributed by atoms with E-state index < -0.39 is 0 Å². The Kier molecular flexibility index (Phi) is 3.14. The molecule has 0 spiro atoms. The molecular weight excluding hydrogens is 284 g/mol. The van der Waals surface area contributed by atoms with Crippen LogP contribution in [0, 0.1) is 0 Å². The Labute approximate surface area is 128 Å². The number of aliphatic imine (C=N–C) groups is 1. The Bertz CT molecular complexity index is 612. The molecule has 110 valence electrons. The molecule has 1 aromatic heterocycles. The highest BCUT2D eigenvalue weighted by Crippen LogP contribution is 2.49. The van der Waals surface area contributed by atoms with Crippen LogP contribution in [0.4, 0.5) is 5.69 Å². The van der Waals surface area contributed by atoms with E-state index in [9.17, 15) is 4.79 Å². The number of nitrogen functional groups attached to an aromatic ring is 1. The van der Waals surface area contributed by atoms with Crippen LogP contribution < -0.4 is 5.73 Å². The molecule has 21 heavy (non-hydrogen) atoms. The summed E-state index contributed by atoms with van der Waals surface area (Å²) in [5.41, 5.74) is 7.67. The summed E-state index contributed by atoms with van der Waals surface area (Å²) in [5, 5.41) is 0.671. The number of pyridine rings is 1. The van der Waals surface area contributed by atoms with Crippen molar-refractivity contribution in [2.45, 2.75) is 54.5 Å². The van der Waals surface area contributed by atoms with Gasteiger partial charge in [0.1, 0.15) is 16.3 Å². The highest BCUT2D eigenvalue weighted by Gasteiger charge is 2.45. The van der Waals surface area contributed by atoms with Gasteiger partial charge in [0, 0.05) is 23.5 Å². The van der Waals surface area contributed by atoms with Gasteiger partial charge in [-0.3, -0.25) is 14.7 Å². The Hall–Kier alpha value is -1.56. The predicted octanol–water partition coefficient (Wildman–Crippen LogP) is 2.38. The van der Waals surface area contributed by atoms with E-state index in [1.807, 2.05) is 4.90 Å². The molecule has 0 saturated heterocycles. The fourth-order valence-corrected chi connectivity index (χ4v) is 4.80. The minimum absolute atomic E-state index is 0.161. The third-order valence-corrected chi connectivity index (χ3v) is 5.89. The first-order valence-electron chi connectivity index (χ1n) is 7.52. The molecule has 2 atom stereocenters. The van der Waals surface area contributed by atoms with Gasteiger partial charge in [0.25, 0.3) is 0 Å². The molecule has 0 bridgehead atoms. The number of nitrogens with two attached hydrogens (primary N) is 1. The molecule has 1 aliphatic carbocycles. The van der Waals surface area contributed by atoms with Crippen LogP contribution in [0.15, 0.2) is 22.3 Å². The fourth-order valence-electron chi connectivity index (χ4n) is 3.51. The first-order chi connectivity index (χ1) is 10.3. The summed E-state index contributed by atoms with van der Waals surface area (Å²) in [6.07, 6.45) is 9.33. The first kappa shape index (κ1) is 13.1. The van der Waals surface area contributed by atoms with Gasteiger partial charge >= 0.3 is 0 Å². The fraction of sp³-hybridized carbons (Fsp3) is 0.533. The molecule has 2 unspecified atom stereocenters. The summed E-state index contributed by atoms with van der Waals surface area (Å²) in [7, 11) is 0. The van der Waals surface area contributed by atoms with Gasteiger partial charge in [0.2, 0.25) is 5.91 Å². The van der Waals surface area contributed by atoms with Gasteiger partial charge in [-0.05, 0) is 18.9 Å². The predicted molar refractivity (Wildman–Crippen MR) is 83.2 cm³/mol. The summed E-state index contributed by atoms with van der Waals surface area (Å²) in [6, 6.07) is 1.95. The number of thioether (sulfide) groups is 1. The van der Waals surface area contributed by atoms with Crippen LogP contribution in [0.1, 0.15) is 43.7 Å². The van der Waals surface area contributed by atoms with Crippen molar-refractivity contribution in [3.8, 4) is 0 Å². The number of carbonyl (C=O) groups is 1. The molecule has 1 amide bonds. The minimum atomic E-state index is -0.191. The number of fused-ring (bicyclic) bond motifs is 3. The van der Waals surface area contributed by atoms with Gasteiger partial charge < -0.3 is 5.73 Å². The second-order valence-corrected chi connectivity index (χ2v) is 7.03. The zero-order valence-electron chi connectivity index (χ0n) is 11.7. The second kappa shape index (κ2) is 5.02. The third kappa shape index (κ3) is 2.04. The maximum atomic E-state index is 12.8. The standard InChI is InChI=1S/C15H18N4OS/c16-10-6-7-17-14-11(10)12-13(21-14)15(20)19(8-18-12)9-4-2-1-3-5-9/h6-9,12-13H,1-5H2,(H2,16,17). The van der Waals surface area contributed by atoms with Crippen LogP contribution in [0.5, 0.6) is 0 Å². The summed E-state index contributed by atoms with van der Waals surface area (Å²) in [6.45, 7) is 0. The zero-order valence-corrected chi connectivity index (χ0v) is 12.6. The molecule has 5 nitrogen and oxygen atoms in total. The zero-order chi connectivity index (χ0) is 14.4. The van der Waals surface area contributed by atoms with Crippen molar-refractivity contribution in [3.63, 3.8) is 0 Å². The lowest BCUT2D eigenvalue weighted by atomic mass is 9.93. The number of rotatable bonds is 1. The minimum Gasteiger partial charge on any atom is -0.398 e. The number of carbonyl (C=O) groups excluding carboxylic acids is 1. The summed E-state index contributed by atoms with van der Waals surface area (Å²) < 4.78 is 0. The molecule has 4 rings (SSSR count). The van der Waals surface area contributed by atoms with Crippen molar-refractivity contribution in [2.24, 2.45) is 4.99 Å². The molecule has 0 radical (unpaired) electrons. The summed E-state index contributed by atoms with van der Waals surface area (Å²) in [5.74, 6) is 0.171. The van der Waals surface area contributed by atoms with Gasteiger partial charge in [-0.15, -0.1) is 0 Å². The monoisotopic (exact) mass is 302 g/mol. The molecular formula is C15H18N4OS. The van der Waals surface area contributed by atoms with Crippen LogP contribution in [-0.4, -0.2) is 33.4 Å². The Morgan fingerprint density at radius 3 is 2.90 bits per heavy atom. The molecule has 6 heteroatoms. The Balaban J connectivity index is 1.65. The number of hydrogen-bond acceptors (Lipinski definition) is 5. The SMILES string of the molecule is Nc1ccnc2c1C1N=CN(C3CCCCC3)C(=O)C1S2. The van der Waals surface area contributed by atoms with E-state index in [0.29, 0.717) is 11.7 Å². The smallest absolute Gasteiger partial charge is 0.244 e. The lowest BCUT2D eigenvalue weighted by Crippen LogP contribution is -2.48. The maximum absolute atomic E-state index is 12.8. The van der Waals surface area contributed by atoms with Crippen molar-refractivity contribution >= 4 is 29.7 Å². The lowest BCUT2D eigenvalue weighted by molar-refractivity contribution is -0.129. The van der Waals surface area contributed by atoms with Crippen molar-refractivity contribution in [3.05, 3.63) is 17.8 Å². The van der Waals surface area contributed by atoms with Gasteiger partial charge in [-0.1, -0.05) is 31.0 Å². The molecule has 1 fully saturated rings. The highest BCUT2D eigenvalue weighted by atomic mass is 32.2. The maximum Gasteiger partial charge on any atom is 0.244 e. The van der Waals surface area contributed by atoms with Crippen molar-refractivity contribution in [1.82, 2.24) is 9.88 Å². The molecule has 2 N–H and O–H groups in total. The number of amides is 1. The highest BCUT2D eigenvalue weighted by molar-refractivity contribution is 8.01. The van der Waals surface area contributed by atoms with E-state index in [-0.39, 0.29) is 17.2 Å². The number of hydrogen-bond donors (Lipinski definition) is 1. The second-order valence-electron chi connectivity index (χ2n) is 5.90. The lowest BCUT2D eigenvalue weighted by Gasteiger charge is -2.36. The van der Waals surface area contributed by atoms with E-state index in [2.05, 4.69) is 9.98 Å². The van der Waals surface area contributed by atoms with E-state index in [1.165, 1.54) is 31.0 Å². The van der Waals surface area contributed by atoms with Crippen LogP contribution in [-0.2, 0) is 4.79 Å². The number of anilines is 1. The number of nitrogens with zero attached hydrogens (tertiary/aromatic N) is 3. The third-order valence-electron chi connectivity index (χ3n) is 4.63. The quantitative estimate of drug-likeness (QED) is 0.864. The Morgan fingerprint density at radius 1 is 1.29 bits per heavy atom. The van der Waals surface area contributed by atoms with E-state index in [0.717, 1.165) is 23.4 Å². The van der Waals surface area contributed by atoms with Gasteiger partial charge in [0.15, 0.2) is 0 Å². The van der Waals surface area contributed by atoms with Crippen LogP contribution in [0.25, 0.3) is 0 Å². The van der Waals surface area contributed by atoms with Gasteiger partial charge in [-0.2, -0.15) is 0 Å². The topological polar surface area (TPSA) is 71.6 Å². The van der Waals surface area contributed by atoms with Crippen LogP contribution in [0.3, 0.4) is 0 Å². The summed E-state index contributed by atoms with van der Waals surface area (Å²) >= 11 is 1.51. The van der Waals surface area contributed by atoms with E-state index in [1.54, 1.807) is 18.6 Å². The Morgan fingerprint density at radius 2 is 2.10 bits per heavy atom. The molecule has 0 aromatic carbocycles. The van der Waals surface area contributed by atoms with Gasteiger partial charge in [0.05, 0.1) is 6.34 Å². The molecule has 3 aliphatic rings. The first-order valence-corrected chi connectivity index (χ1v) is 8.40. The normalized spacial score (nSPS) is 28.6. The molecule has 1 saturated carbocycles. The van der Waals surface area contributed by atoms with Crippen molar-refractivity contribution in [1.29, 1.82) is 0 Å². The molecule has 3 heterocycles. The van der Waals surface area contributed by atoms with Crippen LogP contribution in [0.2, 0.25) is 0 Å². The molecule has 2 aliphatic heterocycles.